The second kappa shape index (κ2) is 3.59. The van der Waals surface area contributed by atoms with Crippen LogP contribution in [0.1, 0.15) is 5.69 Å². The molecule has 0 aliphatic carbocycles. The zero-order valence-corrected chi connectivity index (χ0v) is 7.88. The average molecular weight is 189 g/mol. The van der Waals surface area contributed by atoms with E-state index in [9.17, 15) is 0 Å². The number of pyridine rings is 1. The Balaban J connectivity index is 2.48. The maximum Gasteiger partial charge on any atom is 0.158 e. The van der Waals surface area contributed by atoms with Crippen LogP contribution in [0.3, 0.4) is 0 Å². The van der Waals surface area contributed by atoms with E-state index in [1.807, 2.05) is 29.8 Å². The lowest BCUT2D eigenvalue weighted by atomic mass is 10.3. The van der Waals surface area contributed by atoms with Gasteiger partial charge in [-0.1, -0.05) is 6.07 Å². The molecule has 0 fully saturated rings. The molecule has 0 unspecified atom stereocenters. The van der Waals surface area contributed by atoms with Crippen molar-refractivity contribution in [1.82, 2.24) is 14.5 Å². The lowest BCUT2D eigenvalue weighted by molar-refractivity contribution is 0.273. The molecule has 0 amide bonds. The van der Waals surface area contributed by atoms with Gasteiger partial charge in [0.15, 0.2) is 5.82 Å². The minimum Gasteiger partial charge on any atom is -0.390 e. The maximum absolute atomic E-state index is 9.00. The molecule has 0 aliphatic heterocycles. The van der Waals surface area contributed by atoms with Crippen LogP contribution in [0.2, 0.25) is 0 Å². The van der Waals surface area contributed by atoms with Crippen LogP contribution in [0, 0.1) is 0 Å². The summed E-state index contributed by atoms with van der Waals surface area (Å²) >= 11 is 0. The lowest BCUT2D eigenvalue weighted by Gasteiger charge is -2.02. The Kier molecular flexibility index (Phi) is 2.28. The summed E-state index contributed by atoms with van der Waals surface area (Å²) in [5.74, 6) is 0.773. The normalized spacial score (nSPS) is 10.4. The van der Waals surface area contributed by atoms with E-state index in [-0.39, 0.29) is 6.61 Å². The number of aliphatic hydroxyl groups is 1. The third-order valence-corrected chi connectivity index (χ3v) is 2.14. The number of nitrogens with zero attached hydrogens (tertiary/aromatic N) is 3. The van der Waals surface area contributed by atoms with Crippen molar-refractivity contribution in [3.05, 3.63) is 36.3 Å². The predicted molar refractivity (Wildman–Crippen MR) is 52.4 cm³/mol. The molecule has 0 radical (unpaired) electrons. The van der Waals surface area contributed by atoms with Gasteiger partial charge in [-0.05, 0) is 12.1 Å². The number of hydrogen-bond acceptors (Lipinski definition) is 3. The fourth-order valence-corrected chi connectivity index (χ4v) is 1.32. The van der Waals surface area contributed by atoms with E-state index < -0.39 is 0 Å². The van der Waals surface area contributed by atoms with Crippen LogP contribution >= 0.6 is 0 Å². The van der Waals surface area contributed by atoms with Crippen molar-refractivity contribution in [3.63, 3.8) is 0 Å². The molecule has 0 aromatic carbocycles. The molecule has 2 rings (SSSR count). The Morgan fingerprint density at radius 2 is 2.21 bits per heavy atom. The van der Waals surface area contributed by atoms with Crippen LogP contribution in [0.15, 0.2) is 30.6 Å². The summed E-state index contributed by atoms with van der Waals surface area (Å²) in [6.07, 6.45) is 3.38. The number of imidazole rings is 1. The third-order valence-electron chi connectivity index (χ3n) is 2.14. The molecule has 0 saturated heterocycles. The van der Waals surface area contributed by atoms with Crippen molar-refractivity contribution < 1.29 is 5.11 Å². The molecule has 0 bridgehead atoms. The van der Waals surface area contributed by atoms with E-state index >= 15 is 0 Å². The predicted octanol–water partition coefficient (Wildman–Crippen LogP) is 0.974. The average Bonchev–Trinajstić information content (AvgIpc) is 2.61. The highest BCUT2D eigenvalue weighted by Crippen LogP contribution is 2.15. The Labute approximate surface area is 81.9 Å². The van der Waals surface area contributed by atoms with Crippen LogP contribution in [-0.4, -0.2) is 19.6 Å². The molecule has 4 heteroatoms. The fourth-order valence-electron chi connectivity index (χ4n) is 1.32. The van der Waals surface area contributed by atoms with E-state index in [1.165, 1.54) is 0 Å². The molecule has 0 saturated carbocycles. The highest BCUT2D eigenvalue weighted by atomic mass is 16.3. The Morgan fingerprint density at radius 1 is 1.36 bits per heavy atom. The van der Waals surface area contributed by atoms with E-state index in [0.717, 1.165) is 17.2 Å². The summed E-state index contributed by atoms with van der Waals surface area (Å²) in [6, 6.07) is 5.67. The molecule has 2 heterocycles. The Hall–Kier alpha value is -1.68. The summed E-state index contributed by atoms with van der Waals surface area (Å²) in [5.41, 5.74) is 1.60. The molecule has 1 N–H and O–H groups in total. The quantitative estimate of drug-likeness (QED) is 0.766. The summed E-state index contributed by atoms with van der Waals surface area (Å²) in [4.78, 5) is 8.39. The zero-order valence-electron chi connectivity index (χ0n) is 7.88. The van der Waals surface area contributed by atoms with Crippen LogP contribution < -0.4 is 0 Å². The molecule has 0 spiro atoms. The molecular formula is C10H11N3O. The number of rotatable bonds is 2. The van der Waals surface area contributed by atoms with Gasteiger partial charge in [0.05, 0.1) is 18.5 Å². The molecule has 0 aliphatic rings. The van der Waals surface area contributed by atoms with Crippen molar-refractivity contribution in [2.75, 3.05) is 0 Å². The van der Waals surface area contributed by atoms with E-state index in [2.05, 4.69) is 9.97 Å². The molecule has 72 valence electrons. The van der Waals surface area contributed by atoms with E-state index in [1.54, 1.807) is 12.4 Å². The SMILES string of the molecule is Cn1c(CO)cnc1-c1ccccn1. The number of aliphatic hydroxyl groups excluding tert-OH is 1. The van der Waals surface area contributed by atoms with Crippen molar-refractivity contribution in [3.8, 4) is 11.5 Å². The van der Waals surface area contributed by atoms with Crippen LogP contribution in [0.4, 0.5) is 0 Å². The molecule has 2 aromatic rings. The first kappa shape index (κ1) is 8.90. The fraction of sp³-hybridized carbons (Fsp3) is 0.200. The summed E-state index contributed by atoms with van der Waals surface area (Å²) in [7, 11) is 1.86. The highest BCUT2D eigenvalue weighted by molar-refractivity contribution is 5.49. The van der Waals surface area contributed by atoms with Gasteiger partial charge in [-0.25, -0.2) is 4.98 Å². The minimum absolute atomic E-state index is 0.00364. The van der Waals surface area contributed by atoms with Crippen molar-refractivity contribution in [1.29, 1.82) is 0 Å². The van der Waals surface area contributed by atoms with Crippen molar-refractivity contribution in [2.24, 2.45) is 7.05 Å². The second-order valence-electron chi connectivity index (χ2n) is 3.01. The summed E-state index contributed by atoms with van der Waals surface area (Å²) < 4.78 is 1.84. The van der Waals surface area contributed by atoms with Gasteiger partial charge in [0.1, 0.15) is 5.69 Å². The highest BCUT2D eigenvalue weighted by Gasteiger charge is 2.07. The molecular weight excluding hydrogens is 178 g/mol. The summed E-state index contributed by atoms with van der Waals surface area (Å²) in [5, 5.41) is 9.00. The monoisotopic (exact) mass is 189 g/mol. The Bertz CT molecular complexity index is 422. The van der Waals surface area contributed by atoms with Gasteiger partial charge in [-0.15, -0.1) is 0 Å². The van der Waals surface area contributed by atoms with Gasteiger partial charge in [0.2, 0.25) is 0 Å². The van der Waals surface area contributed by atoms with E-state index in [4.69, 9.17) is 5.11 Å². The van der Waals surface area contributed by atoms with Gasteiger partial charge in [-0.3, -0.25) is 4.98 Å². The standard InChI is InChI=1S/C10H11N3O/c1-13-8(7-14)6-12-10(13)9-4-2-3-5-11-9/h2-6,14H,7H2,1H3. The topological polar surface area (TPSA) is 50.9 Å². The van der Waals surface area contributed by atoms with Crippen LogP contribution in [-0.2, 0) is 13.7 Å². The zero-order chi connectivity index (χ0) is 9.97. The van der Waals surface area contributed by atoms with E-state index in [0.29, 0.717) is 0 Å². The molecule has 2 aromatic heterocycles. The van der Waals surface area contributed by atoms with Gasteiger partial charge in [0.25, 0.3) is 0 Å². The van der Waals surface area contributed by atoms with Gasteiger partial charge in [0, 0.05) is 13.2 Å². The van der Waals surface area contributed by atoms with Gasteiger partial charge < -0.3 is 9.67 Å². The first-order valence-electron chi connectivity index (χ1n) is 4.36. The smallest absolute Gasteiger partial charge is 0.158 e. The first-order valence-corrected chi connectivity index (χ1v) is 4.36. The van der Waals surface area contributed by atoms with Crippen molar-refractivity contribution >= 4 is 0 Å². The lowest BCUT2D eigenvalue weighted by Crippen LogP contribution is -1.99. The number of hydrogen-bond donors (Lipinski definition) is 1. The maximum atomic E-state index is 9.00. The molecule has 4 nitrogen and oxygen atoms in total. The largest absolute Gasteiger partial charge is 0.390 e. The second-order valence-corrected chi connectivity index (χ2v) is 3.01. The molecule has 14 heavy (non-hydrogen) atoms. The van der Waals surface area contributed by atoms with Crippen LogP contribution in [0.25, 0.3) is 11.5 Å². The first-order chi connectivity index (χ1) is 6.83. The number of aromatic nitrogens is 3. The van der Waals surface area contributed by atoms with Crippen molar-refractivity contribution in [2.45, 2.75) is 6.61 Å². The molecule has 0 atom stereocenters. The summed E-state index contributed by atoms with van der Waals surface area (Å²) in [6.45, 7) is -0.00364. The minimum atomic E-state index is -0.00364. The van der Waals surface area contributed by atoms with Gasteiger partial charge >= 0.3 is 0 Å². The third kappa shape index (κ3) is 1.40. The van der Waals surface area contributed by atoms with Crippen LogP contribution in [0.5, 0.6) is 0 Å². The van der Waals surface area contributed by atoms with Gasteiger partial charge in [-0.2, -0.15) is 0 Å². The Morgan fingerprint density at radius 3 is 2.79 bits per heavy atom.